The van der Waals surface area contributed by atoms with Crippen molar-refractivity contribution in [3.05, 3.63) is 52.2 Å². The molecule has 0 amide bonds. The molecule has 104 valence electrons. The molecular weight excluding hydrogens is 266 g/mol. The van der Waals surface area contributed by atoms with Crippen LogP contribution in [0.3, 0.4) is 0 Å². The SMILES string of the molecule is Cc1ccc(Nc2nc(C)cc(C)c2C(N)=S)c(C)c1. The van der Waals surface area contributed by atoms with Crippen molar-refractivity contribution in [1.82, 2.24) is 4.98 Å². The topological polar surface area (TPSA) is 50.9 Å². The summed E-state index contributed by atoms with van der Waals surface area (Å²) in [5, 5.41) is 3.35. The molecule has 1 aromatic heterocycles. The number of benzene rings is 1. The second-order valence-corrected chi connectivity index (χ2v) is 5.55. The van der Waals surface area contributed by atoms with Crippen LogP contribution in [-0.4, -0.2) is 9.97 Å². The van der Waals surface area contributed by atoms with E-state index in [9.17, 15) is 0 Å². The van der Waals surface area contributed by atoms with Gasteiger partial charge < -0.3 is 11.1 Å². The first-order chi connectivity index (χ1) is 9.38. The molecule has 0 aliphatic heterocycles. The highest BCUT2D eigenvalue weighted by atomic mass is 32.1. The van der Waals surface area contributed by atoms with Gasteiger partial charge in [-0.25, -0.2) is 4.98 Å². The van der Waals surface area contributed by atoms with Gasteiger partial charge in [0.05, 0.1) is 5.56 Å². The lowest BCUT2D eigenvalue weighted by atomic mass is 10.1. The first-order valence-corrected chi connectivity index (χ1v) is 6.91. The minimum atomic E-state index is 0.363. The van der Waals surface area contributed by atoms with Crippen LogP contribution in [-0.2, 0) is 0 Å². The van der Waals surface area contributed by atoms with Crippen LogP contribution in [0.2, 0.25) is 0 Å². The van der Waals surface area contributed by atoms with Gasteiger partial charge in [0.15, 0.2) is 0 Å². The van der Waals surface area contributed by atoms with Gasteiger partial charge in [-0.3, -0.25) is 0 Å². The molecule has 0 fully saturated rings. The lowest BCUT2D eigenvalue weighted by Crippen LogP contribution is -2.15. The summed E-state index contributed by atoms with van der Waals surface area (Å²) in [4.78, 5) is 4.90. The predicted molar refractivity (Wildman–Crippen MR) is 88.8 cm³/mol. The molecule has 0 unspecified atom stereocenters. The van der Waals surface area contributed by atoms with Gasteiger partial charge in [0.1, 0.15) is 10.8 Å². The minimum Gasteiger partial charge on any atom is -0.389 e. The average Bonchev–Trinajstić information content (AvgIpc) is 2.31. The van der Waals surface area contributed by atoms with Crippen molar-refractivity contribution >= 4 is 28.7 Å². The molecular formula is C16H19N3S. The summed E-state index contributed by atoms with van der Waals surface area (Å²) in [5.74, 6) is 0.724. The van der Waals surface area contributed by atoms with Gasteiger partial charge in [0.2, 0.25) is 0 Å². The van der Waals surface area contributed by atoms with Crippen LogP contribution in [0.4, 0.5) is 11.5 Å². The summed E-state index contributed by atoms with van der Waals surface area (Å²) in [6.07, 6.45) is 0. The van der Waals surface area contributed by atoms with E-state index in [4.69, 9.17) is 18.0 Å². The van der Waals surface area contributed by atoms with Crippen LogP contribution < -0.4 is 11.1 Å². The zero-order valence-corrected chi connectivity index (χ0v) is 13.1. The Balaban J connectivity index is 2.50. The van der Waals surface area contributed by atoms with Crippen molar-refractivity contribution in [2.45, 2.75) is 27.7 Å². The molecule has 0 bridgehead atoms. The van der Waals surface area contributed by atoms with Crippen LogP contribution in [0.15, 0.2) is 24.3 Å². The normalized spacial score (nSPS) is 10.4. The Bertz CT molecular complexity index is 678. The maximum Gasteiger partial charge on any atom is 0.141 e. The molecule has 2 rings (SSSR count). The Hall–Kier alpha value is -1.94. The van der Waals surface area contributed by atoms with Crippen molar-refractivity contribution in [1.29, 1.82) is 0 Å². The number of nitrogens with two attached hydrogens (primary N) is 1. The van der Waals surface area contributed by atoms with Gasteiger partial charge >= 0.3 is 0 Å². The molecule has 0 saturated carbocycles. The monoisotopic (exact) mass is 285 g/mol. The Morgan fingerprint density at radius 1 is 1.10 bits per heavy atom. The van der Waals surface area contributed by atoms with Crippen molar-refractivity contribution in [2.24, 2.45) is 5.73 Å². The quantitative estimate of drug-likeness (QED) is 0.844. The van der Waals surface area contributed by atoms with E-state index in [0.29, 0.717) is 4.99 Å². The lowest BCUT2D eigenvalue weighted by Gasteiger charge is -2.15. The molecule has 3 nitrogen and oxygen atoms in total. The number of nitrogens with one attached hydrogen (secondary N) is 1. The maximum absolute atomic E-state index is 5.83. The third kappa shape index (κ3) is 2.96. The molecule has 3 N–H and O–H groups in total. The molecule has 0 aliphatic rings. The Kier molecular flexibility index (Phi) is 4.04. The number of hydrogen-bond donors (Lipinski definition) is 2. The number of anilines is 2. The Labute approximate surface area is 125 Å². The van der Waals surface area contributed by atoms with Gasteiger partial charge in [-0.2, -0.15) is 0 Å². The Morgan fingerprint density at radius 3 is 2.40 bits per heavy atom. The van der Waals surface area contributed by atoms with E-state index in [2.05, 4.69) is 36.3 Å². The number of nitrogens with zero attached hydrogens (tertiary/aromatic N) is 1. The third-order valence-electron chi connectivity index (χ3n) is 3.23. The summed E-state index contributed by atoms with van der Waals surface area (Å²) in [5.41, 5.74) is 12.0. The third-order valence-corrected chi connectivity index (χ3v) is 3.43. The zero-order valence-electron chi connectivity index (χ0n) is 12.2. The Morgan fingerprint density at radius 2 is 1.80 bits per heavy atom. The number of aryl methyl sites for hydroxylation is 4. The molecule has 20 heavy (non-hydrogen) atoms. The maximum atomic E-state index is 5.83. The fraction of sp³-hybridized carbons (Fsp3) is 0.250. The summed E-state index contributed by atoms with van der Waals surface area (Å²) in [6, 6.07) is 8.24. The van der Waals surface area contributed by atoms with Gasteiger partial charge in [-0.05, 0) is 51.0 Å². The van der Waals surface area contributed by atoms with E-state index in [1.54, 1.807) is 0 Å². The first-order valence-electron chi connectivity index (χ1n) is 6.51. The van der Waals surface area contributed by atoms with E-state index < -0.39 is 0 Å². The smallest absolute Gasteiger partial charge is 0.141 e. The van der Waals surface area contributed by atoms with Crippen molar-refractivity contribution in [2.75, 3.05) is 5.32 Å². The fourth-order valence-electron chi connectivity index (χ4n) is 2.32. The highest BCUT2D eigenvalue weighted by Gasteiger charge is 2.12. The molecule has 0 saturated heterocycles. The fourth-order valence-corrected chi connectivity index (χ4v) is 2.58. The summed E-state index contributed by atoms with van der Waals surface area (Å²) in [6.45, 7) is 8.10. The largest absolute Gasteiger partial charge is 0.389 e. The second-order valence-electron chi connectivity index (χ2n) is 5.11. The second kappa shape index (κ2) is 5.59. The molecule has 2 aromatic rings. The van der Waals surface area contributed by atoms with Gasteiger partial charge in [0.25, 0.3) is 0 Å². The summed E-state index contributed by atoms with van der Waals surface area (Å²) >= 11 is 5.15. The highest BCUT2D eigenvalue weighted by molar-refractivity contribution is 7.80. The van der Waals surface area contributed by atoms with Gasteiger partial charge in [0, 0.05) is 11.4 Å². The van der Waals surface area contributed by atoms with Crippen LogP contribution >= 0.6 is 12.2 Å². The molecule has 4 heteroatoms. The van der Waals surface area contributed by atoms with E-state index in [1.807, 2.05) is 26.0 Å². The van der Waals surface area contributed by atoms with Crippen molar-refractivity contribution in [3.8, 4) is 0 Å². The molecule has 0 atom stereocenters. The molecule has 1 heterocycles. The number of aromatic nitrogens is 1. The zero-order chi connectivity index (χ0) is 14.9. The summed E-state index contributed by atoms with van der Waals surface area (Å²) in [7, 11) is 0. The van der Waals surface area contributed by atoms with Crippen molar-refractivity contribution < 1.29 is 0 Å². The number of pyridine rings is 1. The number of thiocarbonyl (C=S) groups is 1. The highest BCUT2D eigenvalue weighted by Crippen LogP contribution is 2.25. The number of rotatable bonds is 3. The standard InChI is InChI=1S/C16H19N3S/c1-9-5-6-13(10(2)7-9)19-16-14(15(17)20)11(3)8-12(4)18-16/h5-8H,1-4H3,(H2,17,20)(H,18,19). The lowest BCUT2D eigenvalue weighted by molar-refractivity contribution is 1.16. The van der Waals surface area contributed by atoms with Crippen LogP contribution in [0.25, 0.3) is 0 Å². The van der Waals surface area contributed by atoms with E-state index in [-0.39, 0.29) is 0 Å². The van der Waals surface area contributed by atoms with Gasteiger partial charge in [-0.1, -0.05) is 29.9 Å². The molecule has 0 radical (unpaired) electrons. The minimum absolute atomic E-state index is 0.363. The van der Waals surface area contributed by atoms with E-state index >= 15 is 0 Å². The van der Waals surface area contributed by atoms with Crippen LogP contribution in [0.1, 0.15) is 27.9 Å². The van der Waals surface area contributed by atoms with Crippen molar-refractivity contribution in [3.63, 3.8) is 0 Å². The van der Waals surface area contributed by atoms with E-state index in [1.165, 1.54) is 11.1 Å². The predicted octanol–water partition coefficient (Wildman–Crippen LogP) is 3.69. The van der Waals surface area contributed by atoms with Crippen LogP contribution in [0.5, 0.6) is 0 Å². The number of hydrogen-bond acceptors (Lipinski definition) is 3. The summed E-state index contributed by atoms with van der Waals surface area (Å²) < 4.78 is 0. The first kappa shape index (κ1) is 14.5. The molecule has 0 spiro atoms. The van der Waals surface area contributed by atoms with E-state index in [0.717, 1.165) is 28.3 Å². The van der Waals surface area contributed by atoms with Gasteiger partial charge in [-0.15, -0.1) is 0 Å². The van der Waals surface area contributed by atoms with Crippen LogP contribution in [0, 0.1) is 27.7 Å². The molecule has 0 aliphatic carbocycles. The average molecular weight is 285 g/mol. The molecule has 1 aromatic carbocycles.